The van der Waals surface area contributed by atoms with E-state index in [4.69, 9.17) is 0 Å². The zero-order chi connectivity index (χ0) is 14.0. The molecule has 0 saturated carbocycles. The molecular weight excluding hydrogens is 246 g/mol. The minimum atomic E-state index is -0.824. The van der Waals surface area contributed by atoms with Crippen LogP contribution in [0.1, 0.15) is 34.0 Å². The summed E-state index contributed by atoms with van der Waals surface area (Å²) in [7, 11) is 0. The van der Waals surface area contributed by atoms with E-state index in [1.54, 1.807) is 18.2 Å². The molecule has 0 bridgehead atoms. The molecule has 2 aromatic rings. The molecule has 2 aromatic carbocycles. The summed E-state index contributed by atoms with van der Waals surface area (Å²) >= 11 is 0. The highest BCUT2D eigenvalue weighted by molar-refractivity contribution is 6.09. The first-order valence-corrected chi connectivity index (χ1v) is 6.12. The van der Waals surface area contributed by atoms with Crippen molar-refractivity contribution in [2.75, 3.05) is 0 Å². The van der Waals surface area contributed by atoms with Crippen molar-refractivity contribution >= 4 is 5.78 Å². The summed E-state index contributed by atoms with van der Waals surface area (Å²) in [4.78, 5) is 12.2. The lowest BCUT2D eigenvalue weighted by atomic mass is 9.98. The lowest BCUT2D eigenvalue weighted by Crippen LogP contribution is -2.09. The average Bonchev–Trinajstić information content (AvgIpc) is 2.43. The van der Waals surface area contributed by atoms with E-state index in [0.29, 0.717) is 5.56 Å². The number of hydrogen-bond acceptors (Lipinski definition) is 1. The second-order valence-electron chi connectivity index (χ2n) is 4.44. The fourth-order valence-corrected chi connectivity index (χ4v) is 1.94. The third-order valence-electron chi connectivity index (χ3n) is 3.11. The zero-order valence-electron chi connectivity index (χ0n) is 10.8. The van der Waals surface area contributed by atoms with Gasteiger partial charge in [-0.25, -0.2) is 8.78 Å². The van der Waals surface area contributed by atoms with Gasteiger partial charge in [-0.05, 0) is 36.6 Å². The fraction of sp³-hybridized carbons (Fsp3) is 0.188. The molecule has 0 aliphatic rings. The minimum Gasteiger partial charge on any atom is -0.288 e. The van der Waals surface area contributed by atoms with Crippen LogP contribution in [0.3, 0.4) is 0 Å². The van der Waals surface area contributed by atoms with Crippen molar-refractivity contribution in [1.82, 2.24) is 0 Å². The molecule has 0 fully saturated rings. The van der Waals surface area contributed by atoms with E-state index >= 15 is 0 Å². The monoisotopic (exact) mass is 260 g/mol. The standard InChI is InChI=1S/C16H14F2O/c1-3-11-5-4-6-12(9-11)16(19)14-13(17)8-7-10(2)15(14)18/h4-9H,3H2,1-2H3. The quantitative estimate of drug-likeness (QED) is 0.760. The Morgan fingerprint density at radius 1 is 1.16 bits per heavy atom. The van der Waals surface area contributed by atoms with Crippen molar-refractivity contribution < 1.29 is 13.6 Å². The van der Waals surface area contributed by atoms with Crippen LogP contribution in [0.5, 0.6) is 0 Å². The van der Waals surface area contributed by atoms with Gasteiger partial charge in [0.2, 0.25) is 0 Å². The SMILES string of the molecule is CCc1cccc(C(=O)c2c(F)ccc(C)c2F)c1. The van der Waals surface area contributed by atoms with Gasteiger partial charge < -0.3 is 0 Å². The van der Waals surface area contributed by atoms with Crippen LogP contribution < -0.4 is 0 Å². The zero-order valence-corrected chi connectivity index (χ0v) is 10.8. The molecule has 0 unspecified atom stereocenters. The lowest BCUT2D eigenvalue weighted by molar-refractivity contribution is 0.103. The molecule has 98 valence electrons. The van der Waals surface area contributed by atoms with Gasteiger partial charge in [0.25, 0.3) is 0 Å². The van der Waals surface area contributed by atoms with Crippen LogP contribution in [0.25, 0.3) is 0 Å². The predicted octanol–water partition coefficient (Wildman–Crippen LogP) is 4.07. The number of carbonyl (C=O) groups excluding carboxylic acids is 1. The van der Waals surface area contributed by atoms with Gasteiger partial charge in [-0.15, -0.1) is 0 Å². The summed E-state index contributed by atoms with van der Waals surface area (Å²) in [6.45, 7) is 3.46. The van der Waals surface area contributed by atoms with E-state index in [-0.39, 0.29) is 5.56 Å². The normalized spacial score (nSPS) is 10.5. The Morgan fingerprint density at radius 2 is 1.89 bits per heavy atom. The highest BCUT2D eigenvalue weighted by Gasteiger charge is 2.20. The molecule has 1 nitrogen and oxygen atoms in total. The third-order valence-corrected chi connectivity index (χ3v) is 3.11. The number of halogens is 2. The molecule has 0 aliphatic carbocycles. The van der Waals surface area contributed by atoms with Crippen molar-refractivity contribution in [3.63, 3.8) is 0 Å². The van der Waals surface area contributed by atoms with Gasteiger partial charge in [-0.3, -0.25) is 4.79 Å². The number of aryl methyl sites for hydroxylation is 2. The van der Waals surface area contributed by atoms with Gasteiger partial charge in [0, 0.05) is 5.56 Å². The molecular formula is C16H14F2O. The smallest absolute Gasteiger partial charge is 0.198 e. The summed E-state index contributed by atoms with van der Waals surface area (Å²) in [5, 5.41) is 0. The molecule has 3 heteroatoms. The molecule has 0 N–H and O–H groups in total. The van der Waals surface area contributed by atoms with Gasteiger partial charge in [0.15, 0.2) is 5.78 Å². The van der Waals surface area contributed by atoms with Crippen LogP contribution in [-0.4, -0.2) is 5.78 Å². The molecule has 0 aromatic heterocycles. The number of benzene rings is 2. The van der Waals surface area contributed by atoms with E-state index in [1.165, 1.54) is 13.0 Å². The summed E-state index contributed by atoms with van der Waals surface area (Å²) in [6, 6.07) is 9.28. The van der Waals surface area contributed by atoms with Crippen molar-refractivity contribution in [1.29, 1.82) is 0 Å². The Hall–Kier alpha value is -2.03. The first-order valence-electron chi connectivity index (χ1n) is 6.12. The van der Waals surface area contributed by atoms with Crippen LogP contribution in [0.4, 0.5) is 8.78 Å². The molecule has 0 atom stereocenters. The van der Waals surface area contributed by atoms with Crippen molar-refractivity contribution in [3.8, 4) is 0 Å². The highest BCUT2D eigenvalue weighted by atomic mass is 19.1. The minimum absolute atomic E-state index is 0.261. The number of rotatable bonds is 3. The Bertz CT molecular complexity index is 633. The van der Waals surface area contributed by atoms with Gasteiger partial charge in [-0.2, -0.15) is 0 Å². The largest absolute Gasteiger partial charge is 0.288 e. The summed E-state index contributed by atoms with van der Waals surface area (Å²) in [5.74, 6) is -2.23. The first-order chi connectivity index (χ1) is 9.04. The van der Waals surface area contributed by atoms with Crippen LogP contribution in [0, 0.1) is 18.6 Å². The summed E-state index contributed by atoms with van der Waals surface area (Å²) < 4.78 is 27.6. The van der Waals surface area contributed by atoms with Crippen LogP contribution in [0.2, 0.25) is 0 Å². The van der Waals surface area contributed by atoms with Crippen molar-refractivity contribution in [2.24, 2.45) is 0 Å². The molecule has 2 rings (SSSR count). The summed E-state index contributed by atoms with van der Waals surface area (Å²) in [5.41, 5.74) is 1.05. The van der Waals surface area contributed by atoms with E-state index < -0.39 is 23.0 Å². The molecule has 0 saturated heterocycles. The topological polar surface area (TPSA) is 17.1 Å². The number of hydrogen-bond donors (Lipinski definition) is 0. The Balaban J connectivity index is 2.53. The fourth-order valence-electron chi connectivity index (χ4n) is 1.94. The van der Waals surface area contributed by atoms with E-state index in [0.717, 1.165) is 18.1 Å². The summed E-state index contributed by atoms with van der Waals surface area (Å²) in [6.07, 6.45) is 0.764. The average molecular weight is 260 g/mol. The van der Waals surface area contributed by atoms with Gasteiger partial charge in [-0.1, -0.05) is 31.2 Å². The Morgan fingerprint density at radius 3 is 2.58 bits per heavy atom. The highest BCUT2D eigenvalue weighted by Crippen LogP contribution is 2.20. The number of ketones is 1. The van der Waals surface area contributed by atoms with E-state index in [1.807, 2.05) is 13.0 Å². The predicted molar refractivity (Wildman–Crippen MR) is 70.3 cm³/mol. The van der Waals surface area contributed by atoms with Crippen molar-refractivity contribution in [3.05, 3.63) is 70.3 Å². The first kappa shape index (κ1) is 13.4. The second-order valence-corrected chi connectivity index (χ2v) is 4.44. The molecule has 0 radical (unpaired) electrons. The Kier molecular flexibility index (Phi) is 3.74. The molecule has 0 aliphatic heterocycles. The van der Waals surface area contributed by atoms with Gasteiger partial charge in [0.1, 0.15) is 11.6 Å². The van der Waals surface area contributed by atoms with Crippen LogP contribution in [-0.2, 0) is 6.42 Å². The van der Waals surface area contributed by atoms with E-state index in [2.05, 4.69) is 0 Å². The molecule has 0 amide bonds. The maximum Gasteiger partial charge on any atom is 0.198 e. The molecule has 0 spiro atoms. The maximum atomic E-state index is 13.9. The second kappa shape index (κ2) is 5.31. The molecule has 19 heavy (non-hydrogen) atoms. The molecule has 0 heterocycles. The lowest BCUT2D eigenvalue weighted by Gasteiger charge is -2.07. The number of carbonyl (C=O) groups is 1. The van der Waals surface area contributed by atoms with Crippen LogP contribution >= 0.6 is 0 Å². The van der Waals surface area contributed by atoms with E-state index in [9.17, 15) is 13.6 Å². The van der Waals surface area contributed by atoms with Crippen molar-refractivity contribution in [2.45, 2.75) is 20.3 Å². The van der Waals surface area contributed by atoms with Crippen LogP contribution in [0.15, 0.2) is 36.4 Å². The third kappa shape index (κ3) is 2.55. The van der Waals surface area contributed by atoms with Gasteiger partial charge in [0.05, 0.1) is 5.56 Å². The Labute approximate surface area is 110 Å². The maximum absolute atomic E-state index is 13.9. The van der Waals surface area contributed by atoms with Gasteiger partial charge >= 0.3 is 0 Å².